The van der Waals surface area contributed by atoms with Gasteiger partial charge in [0, 0.05) is 32.4 Å². The highest BCUT2D eigenvalue weighted by Crippen LogP contribution is 2.36. The predicted molar refractivity (Wildman–Crippen MR) is 76.8 cm³/mol. The van der Waals surface area contributed by atoms with Crippen LogP contribution in [0.25, 0.3) is 0 Å². The summed E-state index contributed by atoms with van der Waals surface area (Å²) in [5.74, 6) is 0. The van der Waals surface area contributed by atoms with Gasteiger partial charge in [-0.2, -0.15) is 0 Å². The van der Waals surface area contributed by atoms with Gasteiger partial charge in [-0.05, 0) is 5.56 Å². The van der Waals surface area contributed by atoms with E-state index in [1.807, 2.05) is 6.07 Å². The summed E-state index contributed by atoms with van der Waals surface area (Å²) in [4.78, 5) is 8.40. The predicted octanol–water partition coefficient (Wildman–Crippen LogP) is 2.04. The molecule has 2 saturated heterocycles. The molecule has 4 rings (SSSR count). The minimum absolute atomic E-state index is 0.0493. The van der Waals surface area contributed by atoms with Crippen LogP contribution in [0, 0.1) is 0 Å². The Morgan fingerprint density at radius 2 is 1.85 bits per heavy atom. The molecule has 106 valence electrons. The molecule has 1 aromatic rings. The molecule has 0 radical (unpaired) electrons. The van der Waals surface area contributed by atoms with Gasteiger partial charge in [0.25, 0.3) is 0 Å². The lowest BCUT2D eigenvalue weighted by molar-refractivity contribution is -0.110. The number of hydrogen-bond acceptors (Lipinski definition) is 4. The first-order valence-corrected chi connectivity index (χ1v) is 7.47. The minimum atomic E-state index is -0.0493. The second kappa shape index (κ2) is 4.86. The zero-order valence-electron chi connectivity index (χ0n) is 11.6. The van der Waals surface area contributed by atoms with Crippen molar-refractivity contribution in [2.75, 3.05) is 26.3 Å². The molecule has 0 N–H and O–H groups in total. The fraction of sp³-hybridized carbons (Fsp3) is 0.562. The summed E-state index contributed by atoms with van der Waals surface area (Å²) in [6.07, 6.45) is 3.10. The molecule has 0 amide bonds. The van der Waals surface area contributed by atoms with Crippen LogP contribution in [0.15, 0.2) is 35.5 Å². The van der Waals surface area contributed by atoms with Crippen molar-refractivity contribution in [2.24, 2.45) is 5.16 Å². The maximum Gasteiger partial charge on any atom is 0.145 e. The first kappa shape index (κ1) is 12.4. The van der Waals surface area contributed by atoms with Crippen LogP contribution in [0.3, 0.4) is 0 Å². The molecule has 0 saturated carbocycles. The lowest BCUT2D eigenvalue weighted by Crippen LogP contribution is -2.55. The number of hydrogen-bond donors (Lipinski definition) is 0. The highest BCUT2D eigenvalue weighted by atomic mass is 16.7. The fourth-order valence-electron chi connectivity index (χ4n) is 3.31. The number of likely N-dealkylation sites (tertiary alicyclic amines) is 1. The number of ether oxygens (including phenoxy) is 1. The van der Waals surface area contributed by atoms with Crippen molar-refractivity contribution in [3.63, 3.8) is 0 Å². The van der Waals surface area contributed by atoms with E-state index < -0.39 is 0 Å². The van der Waals surface area contributed by atoms with E-state index >= 15 is 0 Å². The average molecular weight is 272 g/mol. The summed E-state index contributed by atoms with van der Waals surface area (Å²) < 4.78 is 5.28. The summed E-state index contributed by atoms with van der Waals surface area (Å²) in [6.45, 7) is 4.01. The Balaban J connectivity index is 1.40. The third-order valence-electron chi connectivity index (χ3n) is 4.79. The van der Waals surface area contributed by atoms with Gasteiger partial charge >= 0.3 is 0 Å². The van der Waals surface area contributed by atoms with E-state index in [0.29, 0.717) is 6.04 Å². The molecular formula is C16H20N2O2. The summed E-state index contributed by atoms with van der Waals surface area (Å²) in [6, 6.07) is 11.0. The molecule has 20 heavy (non-hydrogen) atoms. The molecule has 3 aliphatic heterocycles. The lowest BCUT2D eigenvalue weighted by Gasteiger charge is -2.43. The maximum atomic E-state index is 5.86. The quantitative estimate of drug-likeness (QED) is 0.826. The van der Waals surface area contributed by atoms with Gasteiger partial charge in [-0.1, -0.05) is 35.5 Å². The molecule has 2 fully saturated rings. The lowest BCUT2D eigenvalue weighted by atomic mass is 9.85. The molecular weight excluding hydrogens is 252 g/mol. The number of piperidine rings is 1. The van der Waals surface area contributed by atoms with E-state index in [9.17, 15) is 0 Å². The Bertz CT molecular complexity index is 502. The van der Waals surface area contributed by atoms with Gasteiger partial charge in [-0.3, -0.25) is 4.90 Å². The molecule has 4 heteroatoms. The van der Waals surface area contributed by atoms with Crippen LogP contribution in [0.4, 0.5) is 0 Å². The first-order chi connectivity index (χ1) is 9.85. The maximum absolute atomic E-state index is 5.86. The van der Waals surface area contributed by atoms with Gasteiger partial charge in [0.2, 0.25) is 0 Å². The summed E-state index contributed by atoms with van der Waals surface area (Å²) >= 11 is 0. The highest BCUT2D eigenvalue weighted by Gasteiger charge is 2.44. The molecule has 0 aliphatic carbocycles. The molecule has 0 bridgehead atoms. The molecule has 3 aliphatic rings. The second-order valence-electron chi connectivity index (χ2n) is 6.08. The summed E-state index contributed by atoms with van der Waals surface area (Å²) in [5, 5.41) is 4.36. The number of oxime groups is 1. The smallest absolute Gasteiger partial charge is 0.145 e. The SMILES string of the molecule is c1ccc(C2=NOC3(CCN(C4COC4)CC3)C2)cc1. The van der Waals surface area contributed by atoms with Crippen LogP contribution in [-0.2, 0) is 9.57 Å². The van der Waals surface area contributed by atoms with E-state index in [0.717, 1.165) is 51.3 Å². The van der Waals surface area contributed by atoms with Crippen molar-refractivity contribution >= 4 is 5.71 Å². The van der Waals surface area contributed by atoms with Crippen molar-refractivity contribution in [3.8, 4) is 0 Å². The van der Waals surface area contributed by atoms with E-state index in [-0.39, 0.29) is 5.60 Å². The fourth-order valence-corrected chi connectivity index (χ4v) is 3.31. The molecule has 4 nitrogen and oxygen atoms in total. The van der Waals surface area contributed by atoms with Gasteiger partial charge in [0.15, 0.2) is 0 Å². The van der Waals surface area contributed by atoms with Gasteiger partial charge < -0.3 is 9.57 Å². The average Bonchev–Trinajstić information content (AvgIpc) is 2.85. The standard InChI is InChI=1S/C16H20N2O2/c1-2-4-13(5-3-1)15-10-16(20-17-15)6-8-18(9-7-16)14-11-19-12-14/h1-5,14H,6-12H2. The largest absolute Gasteiger partial charge is 0.388 e. The third kappa shape index (κ3) is 2.13. The summed E-state index contributed by atoms with van der Waals surface area (Å²) in [7, 11) is 0. The van der Waals surface area contributed by atoms with Gasteiger partial charge in [0.1, 0.15) is 5.60 Å². The monoisotopic (exact) mass is 272 g/mol. The molecule has 1 aromatic carbocycles. The van der Waals surface area contributed by atoms with Crippen LogP contribution in [0.5, 0.6) is 0 Å². The second-order valence-corrected chi connectivity index (χ2v) is 6.08. The highest BCUT2D eigenvalue weighted by molar-refractivity contribution is 6.01. The van der Waals surface area contributed by atoms with Crippen molar-refractivity contribution in [1.29, 1.82) is 0 Å². The Hall–Kier alpha value is -1.39. The van der Waals surface area contributed by atoms with Crippen LogP contribution in [0.2, 0.25) is 0 Å². The van der Waals surface area contributed by atoms with Crippen molar-refractivity contribution in [2.45, 2.75) is 30.9 Å². The van der Waals surface area contributed by atoms with Crippen molar-refractivity contribution < 1.29 is 9.57 Å². The van der Waals surface area contributed by atoms with E-state index in [2.05, 4.69) is 34.3 Å². The van der Waals surface area contributed by atoms with Crippen molar-refractivity contribution in [1.82, 2.24) is 4.90 Å². The van der Waals surface area contributed by atoms with Crippen molar-refractivity contribution in [3.05, 3.63) is 35.9 Å². The van der Waals surface area contributed by atoms with Crippen LogP contribution in [0.1, 0.15) is 24.8 Å². The zero-order valence-corrected chi connectivity index (χ0v) is 11.6. The Kier molecular flexibility index (Phi) is 3.00. The van der Waals surface area contributed by atoms with Crippen LogP contribution < -0.4 is 0 Å². The van der Waals surface area contributed by atoms with E-state index in [1.165, 1.54) is 5.56 Å². The first-order valence-electron chi connectivity index (χ1n) is 7.47. The minimum Gasteiger partial charge on any atom is -0.388 e. The van der Waals surface area contributed by atoms with Gasteiger partial charge in [-0.15, -0.1) is 0 Å². The van der Waals surface area contributed by atoms with E-state index in [4.69, 9.17) is 9.57 Å². The van der Waals surface area contributed by atoms with Crippen LogP contribution >= 0.6 is 0 Å². The normalized spacial score (nSPS) is 26.1. The number of nitrogens with zero attached hydrogens (tertiary/aromatic N) is 2. The molecule has 0 atom stereocenters. The molecule has 0 unspecified atom stereocenters. The number of benzene rings is 1. The molecule has 1 spiro atoms. The van der Waals surface area contributed by atoms with E-state index in [1.54, 1.807) is 0 Å². The zero-order chi connectivity index (χ0) is 13.4. The molecule has 3 heterocycles. The van der Waals surface area contributed by atoms with Gasteiger partial charge in [0.05, 0.1) is 25.0 Å². The number of rotatable bonds is 2. The van der Waals surface area contributed by atoms with Gasteiger partial charge in [-0.25, -0.2) is 0 Å². The topological polar surface area (TPSA) is 34.1 Å². The Morgan fingerprint density at radius 3 is 2.50 bits per heavy atom. The summed E-state index contributed by atoms with van der Waals surface area (Å²) in [5.41, 5.74) is 2.25. The third-order valence-corrected chi connectivity index (χ3v) is 4.79. The van der Waals surface area contributed by atoms with Crippen LogP contribution in [-0.4, -0.2) is 48.6 Å². The Labute approximate surface area is 119 Å². The molecule has 0 aromatic heterocycles. The Morgan fingerprint density at radius 1 is 1.10 bits per heavy atom.